The molecular weight excluding hydrogens is 265 g/mol. The Balaban J connectivity index is 1.80. The number of amides is 1. The van der Waals surface area contributed by atoms with Crippen LogP contribution >= 0.6 is 11.8 Å². The fourth-order valence-electron chi connectivity index (χ4n) is 1.94. The zero-order valence-corrected chi connectivity index (χ0v) is 11.5. The number of hydrogen-bond donors (Lipinski definition) is 2. The van der Waals surface area contributed by atoms with Gasteiger partial charge in [0.15, 0.2) is 0 Å². The van der Waals surface area contributed by atoms with Crippen molar-refractivity contribution in [2.75, 3.05) is 42.2 Å². The normalized spacial score (nSPS) is 16.3. The average Bonchev–Trinajstić information content (AvgIpc) is 2.41. The first-order valence-corrected chi connectivity index (χ1v) is 7.45. The van der Waals surface area contributed by atoms with Crippen molar-refractivity contribution in [3.8, 4) is 0 Å². The number of rotatable bonds is 4. The maximum absolute atomic E-state index is 12.9. The van der Waals surface area contributed by atoms with Crippen LogP contribution in [-0.2, 0) is 4.79 Å². The second-order valence-electron chi connectivity index (χ2n) is 4.48. The predicted molar refractivity (Wildman–Crippen MR) is 77.8 cm³/mol. The van der Waals surface area contributed by atoms with Crippen molar-refractivity contribution in [1.82, 2.24) is 4.90 Å². The van der Waals surface area contributed by atoms with Gasteiger partial charge in [0.2, 0.25) is 5.91 Å². The summed E-state index contributed by atoms with van der Waals surface area (Å²) in [6.45, 7) is 2.83. The molecule has 1 amide bonds. The molecule has 1 aliphatic rings. The summed E-state index contributed by atoms with van der Waals surface area (Å²) in [7, 11) is 0. The summed E-state index contributed by atoms with van der Waals surface area (Å²) in [5, 5.41) is 2.71. The Labute approximate surface area is 116 Å². The van der Waals surface area contributed by atoms with Gasteiger partial charge in [-0.1, -0.05) is 0 Å². The number of carbonyl (C=O) groups is 1. The minimum Gasteiger partial charge on any atom is -0.397 e. The van der Waals surface area contributed by atoms with Gasteiger partial charge in [-0.15, -0.1) is 0 Å². The van der Waals surface area contributed by atoms with Gasteiger partial charge in [0.1, 0.15) is 5.82 Å². The quantitative estimate of drug-likeness (QED) is 0.827. The molecule has 1 fully saturated rings. The largest absolute Gasteiger partial charge is 0.397 e. The van der Waals surface area contributed by atoms with Gasteiger partial charge in [0.25, 0.3) is 0 Å². The number of thioether (sulfide) groups is 1. The monoisotopic (exact) mass is 283 g/mol. The number of nitrogens with one attached hydrogen (secondary N) is 1. The summed E-state index contributed by atoms with van der Waals surface area (Å²) in [6.07, 6.45) is 0.432. The third-order valence-corrected chi connectivity index (χ3v) is 3.99. The molecular formula is C13H18FN3OS. The number of benzene rings is 1. The number of nitrogen functional groups attached to an aromatic ring is 1. The lowest BCUT2D eigenvalue weighted by Gasteiger charge is -2.25. The van der Waals surface area contributed by atoms with Gasteiger partial charge in [-0.3, -0.25) is 4.79 Å². The number of nitrogens with two attached hydrogens (primary N) is 1. The lowest BCUT2D eigenvalue weighted by atomic mass is 10.2. The molecule has 1 aromatic carbocycles. The molecule has 6 heteroatoms. The molecule has 1 heterocycles. The van der Waals surface area contributed by atoms with Crippen LogP contribution in [0.3, 0.4) is 0 Å². The molecule has 0 radical (unpaired) electrons. The van der Waals surface area contributed by atoms with Crippen LogP contribution in [0.1, 0.15) is 6.42 Å². The van der Waals surface area contributed by atoms with E-state index in [2.05, 4.69) is 10.2 Å². The highest BCUT2D eigenvalue weighted by Crippen LogP contribution is 2.19. The van der Waals surface area contributed by atoms with Crippen LogP contribution in [0, 0.1) is 5.82 Å². The molecule has 104 valence electrons. The van der Waals surface area contributed by atoms with Crippen molar-refractivity contribution < 1.29 is 9.18 Å². The minimum atomic E-state index is -0.402. The highest BCUT2D eigenvalue weighted by Gasteiger charge is 2.12. The molecule has 0 atom stereocenters. The van der Waals surface area contributed by atoms with Gasteiger partial charge in [-0.05, 0) is 18.2 Å². The van der Waals surface area contributed by atoms with Crippen molar-refractivity contribution in [1.29, 1.82) is 0 Å². The Bertz CT molecular complexity index is 450. The highest BCUT2D eigenvalue weighted by atomic mass is 32.2. The number of anilines is 2. The summed E-state index contributed by atoms with van der Waals surface area (Å²) in [5.41, 5.74) is 6.37. The van der Waals surface area contributed by atoms with E-state index in [0.29, 0.717) is 12.1 Å². The molecule has 19 heavy (non-hydrogen) atoms. The van der Waals surface area contributed by atoms with Gasteiger partial charge in [0, 0.05) is 37.6 Å². The molecule has 0 aromatic heterocycles. The molecule has 1 aromatic rings. The van der Waals surface area contributed by atoms with Gasteiger partial charge >= 0.3 is 0 Å². The second-order valence-corrected chi connectivity index (χ2v) is 5.71. The average molecular weight is 283 g/mol. The van der Waals surface area contributed by atoms with Crippen molar-refractivity contribution >= 4 is 29.0 Å². The highest BCUT2D eigenvalue weighted by molar-refractivity contribution is 7.99. The first-order chi connectivity index (χ1) is 9.15. The van der Waals surface area contributed by atoms with E-state index in [-0.39, 0.29) is 11.6 Å². The van der Waals surface area contributed by atoms with E-state index in [1.165, 1.54) is 18.2 Å². The first kappa shape index (κ1) is 14.1. The van der Waals surface area contributed by atoms with Crippen molar-refractivity contribution in [2.24, 2.45) is 0 Å². The minimum absolute atomic E-state index is 0.0865. The molecule has 0 saturated carbocycles. The third kappa shape index (κ3) is 4.40. The lowest BCUT2D eigenvalue weighted by Crippen LogP contribution is -2.35. The fraction of sp³-hybridized carbons (Fsp3) is 0.462. The Hall–Kier alpha value is -1.27. The summed E-state index contributed by atoms with van der Waals surface area (Å²) < 4.78 is 12.9. The Morgan fingerprint density at radius 3 is 2.84 bits per heavy atom. The van der Waals surface area contributed by atoms with Crippen LogP contribution in [0.4, 0.5) is 15.8 Å². The van der Waals surface area contributed by atoms with Crippen LogP contribution in [0.25, 0.3) is 0 Å². The standard InChI is InChI=1S/C13H18FN3OS/c14-10-1-2-12(11(15)9-10)16-13(18)3-4-17-5-7-19-8-6-17/h1-2,9H,3-8,15H2,(H,16,18). The molecule has 1 saturated heterocycles. The number of halogens is 1. The number of nitrogens with zero attached hydrogens (tertiary/aromatic N) is 1. The first-order valence-electron chi connectivity index (χ1n) is 6.30. The summed E-state index contributed by atoms with van der Waals surface area (Å²) in [5.74, 6) is 1.77. The van der Waals surface area contributed by atoms with Gasteiger partial charge in [0.05, 0.1) is 11.4 Å². The predicted octanol–water partition coefficient (Wildman–Crippen LogP) is 1.79. The van der Waals surface area contributed by atoms with Gasteiger partial charge in [-0.2, -0.15) is 11.8 Å². The molecule has 0 unspecified atom stereocenters. The number of carbonyl (C=O) groups excluding carboxylic acids is 1. The molecule has 3 N–H and O–H groups in total. The van der Waals surface area contributed by atoms with E-state index in [4.69, 9.17) is 5.73 Å². The SMILES string of the molecule is Nc1cc(F)ccc1NC(=O)CCN1CCSCC1. The molecule has 0 bridgehead atoms. The fourth-order valence-corrected chi connectivity index (χ4v) is 2.92. The van der Waals surface area contributed by atoms with E-state index < -0.39 is 5.82 Å². The molecule has 4 nitrogen and oxygen atoms in total. The van der Waals surface area contributed by atoms with Crippen molar-refractivity contribution in [3.05, 3.63) is 24.0 Å². The number of hydrogen-bond acceptors (Lipinski definition) is 4. The molecule has 0 aliphatic carbocycles. The van der Waals surface area contributed by atoms with Crippen LogP contribution in [0.2, 0.25) is 0 Å². The molecule has 1 aliphatic heterocycles. The summed E-state index contributed by atoms with van der Waals surface area (Å²) in [4.78, 5) is 14.1. The van der Waals surface area contributed by atoms with Crippen molar-refractivity contribution in [2.45, 2.75) is 6.42 Å². The van der Waals surface area contributed by atoms with Gasteiger partial charge in [-0.25, -0.2) is 4.39 Å². The maximum Gasteiger partial charge on any atom is 0.225 e. The Morgan fingerprint density at radius 2 is 2.16 bits per heavy atom. The van der Waals surface area contributed by atoms with Crippen LogP contribution < -0.4 is 11.1 Å². The van der Waals surface area contributed by atoms with Crippen LogP contribution in [-0.4, -0.2) is 41.9 Å². The van der Waals surface area contributed by atoms with Crippen LogP contribution in [0.15, 0.2) is 18.2 Å². The van der Waals surface area contributed by atoms with E-state index in [1.807, 2.05) is 11.8 Å². The molecule has 2 rings (SSSR count). The third-order valence-electron chi connectivity index (χ3n) is 3.05. The second kappa shape index (κ2) is 6.77. The van der Waals surface area contributed by atoms with E-state index >= 15 is 0 Å². The van der Waals surface area contributed by atoms with Crippen molar-refractivity contribution in [3.63, 3.8) is 0 Å². The zero-order chi connectivity index (χ0) is 13.7. The van der Waals surface area contributed by atoms with E-state index in [9.17, 15) is 9.18 Å². The maximum atomic E-state index is 12.9. The Morgan fingerprint density at radius 1 is 1.42 bits per heavy atom. The van der Waals surface area contributed by atoms with E-state index in [0.717, 1.165) is 31.1 Å². The van der Waals surface area contributed by atoms with E-state index in [1.54, 1.807) is 0 Å². The topological polar surface area (TPSA) is 58.4 Å². The smallest absolute Gasteiger partial charge is 0.225 e. The molecule has 0 spiro atoms. The lowest BCUT2D eigenvalue weighted by molar-refractivity contribution is -0.116. The van der Waals surface area contributed by atoms with Crippen LogP contribution in [0.5, 0.6) is 0 Å². The summed E-state index contributed by atoms with van der Waals surface area (Å²) >= 11 is 1.94. The summed E-state index contributed by atoms with van der Waals surface area (Å²) in [6, 6.07) is 3.98. The Kier molecular flexibility index (Phi) is 5.04. The zero-order valence-electron chi connectivity index (χ0n) is 10.7. The van der Waals surface area contributed by atoms with Gasteiger partial charge < -0.3 is 16.0 Å².